The lowest BCUT2D eigenvalue weighted by Gasteiger charge is -2.40. The first-order chi connectivity index (χ1) is 6.50. The van der Waals surface area contributed by atoms with Gasteiger partial charge < -0.3 is 15.5 Å². The van der Waals surface area contributed by atoms with Crippen LogP contribution in [0, 0.1) is 0 Å². The molecule has 0 saturated carbocycles. The molecule has 5 nitrogen and oxygen atoms in total. The number of hydrogen-bond acceptors (Lipinski definition) is 2. The molecule has 80 valence electrons. The zero-order chi connectivity index (χ0) is 10.8. The fraction of sp³-hybridized carbons (Fsp3) is 0.778. The number of hydrogen-bond donors (Lipinski definition) is 2. The Hall–Kier alpha value is -1.26. The van der Waals surface area contributed by atoms with Crippen LogP contribution in [-0.2, 0) is 4.79 Å². The molecule has 0 bridgehead atoms. The molecule has 1 aliphatic rings. The van der Waals surface area contributed by atoms with Gasteiger partial charge in [0.25, 0.3) is 0 Å². The van der Waals surface area contributed by atoms with Gasteiger partial charge in [0.15, 0.2) is 0 Å². The maximum atomic E-state index is 11.6. The van der Waals surface area contributed by atoms with Gasteiger partial charge in [0.05, 0.1) is 0 Å². The smallest absolute Gasteiger partial charge is 0.318 e. The summed E-state index contributed by atoms with van der Waals surface area (Å²) in [5.41, 5.74) is -0.752. The molecule has 0 spiro atoms. The standard InChI is InChI=1S/C9H17N3O2/c1-4-10-8(14)12-6-5-11-7(13)9(12,2)3/h4-6H2,1-3H3,(H,10,14)(H,11,13). The number of amides is 3. The number of nitrogens with zero attached hydrogens (tertiary/aromatic N) is 1. The van der Waals surface area contributed by atoms with Crippen LogP contribution in [0.1, 0.15) is 20.8 Å². The third kappa shape index (κ3) is 1.81. The normalized spacial score (nSPS) is 20.2. The van der Waals surface area contributed by atoms with E-state index in [-0.39, 0.29) is 11.9 Å². The number of urea groups is 1. The fourth-order valence-electron chi connectivity index (χ4n) is 1.50. The monoisotopic (exact) mass is 199 g/mol. The Morgan fingerprint density at radius 1 is 1.64 bits per heavy atom. The van der Waals surface area contributed by atoms with Gasteiger partial charge >= 0.3 is 6.03 Å². The predicted molar refractivity (Wildman–Crippen MR) is 52.9 cm³/mol. The summed E-state index contributed by atoms with van der Waals surface area (Å²) in [7, 11) is 0. The largest absolute Gasteiger partial charge is 0.352 e. The Morgan fingerprint density at radius 2 is 2.29 bits per heavy atom. The van der Waals surface area contributed by atoms with Gasteiger partial charge in [0, 0.05) is 19.6 Å². The average Bonchev–Trinajstić information content (AvgIpc) is 2.10. The van der Waals surface area contributed by atoms with E-state index in [0.717, 1.165) is 0 Å². The topological polar surface area (TPSA) is 61.4 Å². The molecule has 0 unspecified atom stereocenters. The number of carbonyl (C=O) groups is 2. The van der Waals surface area contributed by atoms with E-state index in [4.69, 9.17) is 0 Å². The molecule has 0 atom stereocenters. The van der Waals surface area contributed by atoms with Crippen molar-refractivity contribution in [1.29, 1.82) is 0 Å². The van der Waals surface area contributed by atoms with Crippen molar-refractivity contribution in [2.24, 2.45) is 0 Å². The first-order valence-corrected chi connectivity index (χ1v) is 4.84. The lowest BCUT2D eigenvalue weighted by Crippen LogP contribution is -2.65. The maximum Gasteiger partial charge on any atom is 0.318 e. The molecule has 1 saturated heterocycles. The van der Waals surface area contributed by atoms with Crippen LogP contribution < -0.4 is 10.6 Å². The molecule has 0 radical (unpaired) electrons. The molecule has 1 heterocycles. The van der Waals surface area contributed by atoms with Crippen LogP contribution in [-0.4, -0.2) is 42.0 Å². The van der Waals surface area contributed by atoms with Crippen molar-refractivity contribution >= 4 is 11.9 Å². The van der Waals surface area contributed by atoms with Gasteiger partial charge in [-0.25, -0.2) is 4.79 Å². The van der Waals surface area contributed by atoms with Crippen LogP contribution >= 0.6 is 0 Å². The Kier molecular flexibility index (Phi) is 2.98. The Bertz CT molecular complexity index is 250. The summed E-state index contributed by atoms with van der Waals surface area (Å²) in [6.07, 6.45) is 0. The van der Waals surface area contributed by atoms with Gasteiger partial charge in [0.1, 0.15) is 5.54 Å². The van der Waals surface area contributed by atoms with Crippen molar-refractivity contribution in [1.82, 2.24) is 15.5 Å². The second-order valence-corrected chi connectivity index (χ2v) is 3.80. The van der Waals surface area contributed by atoms with Crippen LogP contribution in [0.4, 0.5) is 4.79 Å². The highest BCUT2D eigenvalue weighted by Gasteiger charge is 2.40. The number of piperazine rings is 1. The molecule has 14 heavy (non-hydrogen) atoms. The van der Waals surface area contributed by atoms with Crippen LogP contribution in [0.3, 0.4) is 0 Å². The summed E-state index contributed by atoms with van der Waals surface area (Å²) in [5, 5.41) is 5.44. The van der Waals surface area contributed by atoms with Gasteiger partial charge in [0.2, 0.25) is 5.91 Å². The molecule has 5 heteroatoms. The van der Waals surface area contributed by atoms with Crippen molar-refractivity contribution in [3.05, 3.63) is 0 Å². The number of carbonyl (C=O) groups excluding carboxylic acids is 2. The van der Waals surface area contributed by atoms with Gasteiger partial charge in [-0.3, -0.25) is 4.79 Å². The van der Waals surface area contributed by atoms with Crippen molar-refractivity contribution in [2.45, 2.75) is 26.3 Å². The summed E-state index contributed by atoms with van der Waals surface area (Å²) >= 11 is 0. The van der Waals surface area contributed by atoms with E-state index in [1.165, 1.54) is 0 Å². The SMILES string of the molecule is CCNC(=O)N1CCNC(=O)C1(C)C. The van der Waals surface area contributed by atoms with Crippen LogP contribution in [0.25, 0.3) is 0 Å². The number of rotatable bonds is 1. The van der Waals surface area contributed by atoms with Crippen molar-refractivity contribution in [3.63, 3.8) is 0 Å². The minimum absolute atomic E-state index is 0.102. The molecule has 0 aliphatic carbocycles. The summed E-state index contributed by atoms with van der Waals surface area (Å²) < 4.78 is 0. The summed E-state index contributed by atoms with van der Waals surface area (Å²) in [5.74, 6) is -0.102. The molecule has 0 aromatic heterocycles. The molecular formula is C9H17N3O2. The van der Waals surface area contributed by atoms with E-state index >= 15 is 0 Å². The second kappa shape index (κ2) is 3.86. The van der Waals surface area contributed by atoms with E-state index in [0.29, 0.717) is 19.6 Å². The molecular weight excluding hydrogens is 182 g/mol. The Morgan fingerprint density at radius 3 is 2.86 bits per heavy atom. The predicted octanol–water partition coefficient (Wildman–Crippen LogP) is -0.0737. The van der Waals surface area contributed by atoms with E-state index in [2.05, 4.69) is 10.6 Å². The molecule has 3 amide bonds. The van der Waals surface area contributed by atoms with Crippen LogP contribution in [0.5, 0.6) is 0 Å². The lowest BCUT2D eigenvalue weighted by atomic mass is 10.00. The third-order valence-electron chi connectivity index (χ3n) is 2.42. The van der Waals surface area contributed by atoms with E-state index in [1.807, 2.05) is 6.92 Å². The zero-order valence-electron chi connectivity index (χ0n) is 8.89. The molecule has 2 N–H and O–H groups in total. The van der Waals surface area contributed by atoms with E-state index in [9.17, 15) is 9.59 Å². The second-order valence-electron chi connectivity index (χ2n) is 3.80. The molecule has 1 rings (SSSR count). The van der Waals surface area contributed by atoms with Crippen LogP contribution in [0.15, 0.2) is 0 Å². The quantitative estimate of drug-likeness (QED) is 0.621. The van der Waals surface area contributed by atoms with Gasteiger partial charge in [-0.05, 0) is 20.8 Å². The van der Waals surface area contributed by atoms with Gasteiger partial charge in [-0.2, -0.15) is 0 Å². The highest BCUT2D eigenvalue weighted by Crippen LogP contribution is 2.17. The third-order valence-corrected chi connectivity index (χ3v) is 2.42. The summed E-state index contributed by atoms with van der Waals surface area (Å²) in [6.45, 7) is 7.01. The first-order valence-electron chi connectivity index (χ1n) is 4.84. The first kappa shape index (κ1) is 10.8. The zero-order valence-corrected chi connectivity index (χ0v) is 8.89. The molecule has 0 aromatic carbocycles. The molecule has 0 aromatic rings. The van der Waals surface area contributed by atoms with Crippen molar-refractivity contribution in [3.8, 4) is 0 Å². The lowest BCUT2D eigenvalue weighted by molar-refractivity contribution is -0.132. The van der Waals surface area contributed by atoms with Gasteiger partial charge in [-0.15, -0.1) is 0 Å². The fourth-order valence-corrected chi connectivity index (χ4v) is 1.50. The number of nitrogens with one attached hydrogen (secondary N) is 2. The minimum Gasteiger partial charge on any atom is -0.352 e. The van der Waals surface area contributed by atoms with E-state index < -0.39 is 5.54 Å². The van der Waals surface area contributed by atoms with E-state index in [1.54, 1.807) is 18.7 Å². The van der Waals surface area contributed by atoms with Gasteiger partial charge in [-0.1, -0.05) is 0 Å². The summed E-state index contributed by atoms with van der Waals surface area (Å²) in [6, 6.07) is -0.174. The Balaban J connectivity index is 2.76. The van der Waals surface area contributed by atoms with Crippen LogP contribution in [0.2, 0.25) is 0 Å². The maximum absolute atomic E-state index is 11.6. The minimum atomic E-state index is -0.752. The molecule has 1 aliphatic heterocycles. The average molecular weight is 199 g/mol. The van der Waals surface area contributed by atoms with Crippen molar-refractivity contribution < 1.29 is 9.59 Å². The summed E-state index contributed by atoms with van der Waals surface area (Å²) in [4.78, 5) is 24.7. The highest BCUT2D eigenvalue weighted by molar-refractivity contribution is 5.91. The highest BCUT2D eigenvalue weighted by atomic mass is 16.2. The Labute approximate surface area is 83.8 Å². The van der Waals surface area contributed by atoms with Crippen molar-refractivity contribution in [2.75, 3.05) is 19.6 Å². The molecule has 1 fully saturated rings.